The second kappa shape index (κ2) is 3.97. The highest BCUT2D eigenvalue weighted by Gasteiger charge is 2.49. The third-order valence-electron chi connectivity index (χ3n) is 5.04. The first kappa shape index (κ1) is 11.0. The lowest BCUT2D eigenvalue weighted by Crippen LogP contribution is -2.60. The minimum atomic E-state index is 0.261. The fourth-order valence-corrected chi connectivity index (χ4v) is 4.22. The zero-order valence-corrected chi connectivity index (χ0v) is 10.3. The maximum atomic E-state index is 6.11. The predicted octanol–water partition coefficient (Wildman–Crippen LogP) is 1.37. The number of piperidine rings is 1. The molecule has 0 aromatic heterocycles. The molecule has 0 amide bonds. The molecule has 0 aromatic carbocycles. The van der Waals surface area contributed by atoms with Crippen LogP contribution in [0, 0.1) is 5.92 Å². The first-order valence-corrected chi connectivity index (χ1v) is 6.82. The third kappa shape index (κ3) is 1.60. The molecule has 3 rings (SSSR count). The molecular weight excluding hydrogens is 200 g/mol. The van der Waals surface area contributed by atoms with Gasteiger partial charge in [0.25, 0.3) is 0 Å². The zero-order valence-electron chi connectivity index (χ0n) is 10.3. The van der Waals surface area contributed by atoms with E-state index in [-0.39, 0.29) is 5.54 Å². The number of fused-ring (bicyclic) bond motifs is 2. The van der Waals surface area contributed by atoms with Gasteiger partial charge >= 0.3 is 0 Å². The standard InChI is InChI=1S/C13H24N2O/c1-10-7-13(9-14,4-5-16-10)15-8-11-2-3-12(15)6-11/h10-12H,2-9,14H2,1H3. The maximum absolute atomic E-state index is 6.11. The summed E-state index contributed by atoms with van der Waals surface area (Å²) >= 11 is 0. The summed E-state index contributed by atoms with van der Waals surface area (Å²) in [5, 5.41) is 0. The van der Waals surface area contributed by atoms with Gasteiger partial charge in [-0.2, -0.15) is 0 Å². The van der Waals surface area contributed by atoms with Crippen molar-refractivity contribution in [2.75, 3.05) is 19.7 Å². The van der Waals surface area contributed by atoms with E-state index in [1.165, 1.54) is 25.8 Å². The minimum Gasteiger partial charge on any atom is -0.378 e. The highest BCUT2D eigenvalue weighted by Crippen LogP contribution is 2.44. The van der Waals surface area contributed by atoms with Crippen LogP contribution in [0.25, 0.3) is 0 Å². The van der Waals surface area contributed by atoms with Crippen LogP contribution in [0.3, 0.4) is 0 Å². The predicted molar refractivity (Wildman–Crippen MR) is 64.3 cm³/mol. The third-order valence-corrected chi connectivity index (χ3v) is 5.04. The summed E-state index contributed by atoms with van der Waals surface area (Å²) in [5.41, 5.74) is 6.38. The van der Waals surface area contributed by atoms with Gasteiger partial charge in [0.15, 0.2) is 0 Å². The second-order valence-electron chi connectivity index (χ2n) is 6.05. The lowest BCUT2D eigenvalue weighted by Gasteiger charge is -2.49. The Hall–Kier alpha value is -0.120. The molecule has 3 heteroatoms. The number of rotatable bonds is 2. The van der Waals surface area contributed by atoms with Gasteiger partial charge in [-0.15, -0.1) is 0 Å². The normalized spacial score (nSPS) is 48.8. The van der Waals surface area contributed by atoms with Crippen molar-refractivity contribution >= 4 is 0 Å². The first-order valence-electron chi connectivity index (χ1n) is 6.82. The van der Waals surface area contributed by atoms with E-state index in [1.54, 1.807) is 0 Å². The number of hydrogen-bond donors (Lipinski definition) is 1. The van der Waals surface area contributed by atoms with Gasteiger partial charge in [0.05, 0.1) is 6.10 Å². The zero-order chi connectivity index (χ0) is 11.2. The number of nitrogens with zero attached hydrogens (tertiary/aromatic N) is 1. The summed E-state index contributed by atoms with van der Waals surface area (Å²) in [6, 6.07) is 0.832. The van der Waals surface area contributed by atoms with Crippen molar-refractivity contribution in [1.82, 2.24) is 4.90 Å². The summed E-state index contributed by atoms with van der Waals surface area (Å²) < 4.78 is 5.69. The van der Waals surface area contributed by atoms with Gasteiger partial charge in [0.1, 0.15) is 0 Å². The molecule has 2 bridgehead atoms. The Morgan fingerprint density at radius 2 is 2.31 bits per heavy atom. The van der Waals surface area contributed by atoms with Gasteiger partial charge in [-0.05, 0) is 44.9 Å². The molecule has 2 N–H and O–H groups in total. The van der Waals surface area contributed by atoms with Crippen LogP contribution in [0.2, 0.25) is 0 Å². The largest absolute Gasteiger partial charge is 0.378 e. The van der Waals surface area contributed by atoms with Gasteiger partial charge in [0.2, 0.25) is 0 Å². The Bertz CT molecular complexity index is 271. The van der Waals surface area contributed by atoms with Crippen LogP contribution >= 0.6 is 0 Å². The van der Waals surface area contributed by atoms with Crippen LogP contribution in [0.4, 0.5) is 0 Å². The number of ether oxygens (including phenoxy) is 1. The summed E-state index contributed by atoms with van der Waals surface area (Å²) in [4.78, 5) is 2.75. The number of nitrogens with two attached hydrogens (primary N) is 1. The number of hydrogen-bond acceptors (Lipinski definition) is 3. The van der Waals surface area contributed by atoms with Crippen molar-refractivity contribution in [3.63, 3.8) is 0 Å². The molecule has 2 heterocycles. The average molecular weight is 224 g/mol. The Balaban J connectivity index is 1.79. The smallest absolute Gasteiger partial charge is 0.0565 e. The molecule has 1 saturated carbocycles. The van der Waals surface area contributed by atoms with Crippen LogP contribution in [-0.4, -0.2) is 42.3 Å². The van der Waals surface area contributed by atoms with E-state index < -0.39 is 0 Å². The molecule has 92 valence electrons. The van der Waals surface area contributed by atoms with Gasteiger partial charge < -0.3 is 10.5 Å². The minimum absolute atomic E-state index is 0.261. The SMILES string of the molecule is CC1CC(CN)(N2CC3CCC2C3)CCO1. The summed E-state index contributed by atoms with van der Waals surface area (Å²) in [6.07, 6.45) is 6.94. The van der Waals surface area contributed by atoms with Crippen molar-refractivity contribution in [2.24, 2.45) is 11.7 Å². The van der Waals surface area contributed by atoms with Crippen molar-refractivity contribution in [1.29, 1.82) is 0 Å². The fraction of sp³-hybridized carbons (Fsp3) is 1.00. The molecule has 0 spiro atoms. The first-order chi connectivity index (χ1) is 7.73. The number of likely N-dealkylation sites (tertiary alicyclic amines) is 1. The molecule has 4 unspecified atom stereocenters. The van der Waals surface area contributed by atoms with Crippen molar-refractivity contribution < 1.29 is 4.74 Å². The lowest BCUT2D eigenvalue weighted by atomic mass is 9.83. The van der Waals surface area contributed by atoms with E-state index in [2.05, 4.69) is 11.8 Å². The van der Waals surface area contributed by atoms with E-state index in [0.29, 0.717) is 6.10 Å². The summed E-state index contributed by atoms with van der Waals surface area (Å²) in [6.45, 7) is 5.20. The molecule has 16 heavy (non-hydrogen) atoms. The molecule has 3 nitrogen and oxygen atoms in total. The highest BCUT2D eigenvalue weighted by atomic mass is 16.5. The van der Waals surface area contributed by atoms with E-state index in [9.17, 15) is 0 Å². The van der Waals surface area contributed by atoms with Gasteiger partial charge in [-0.3, -0.25) is 4.90 Å². The van der Waals surface area contributed by atoms with Crippen LogP contribution in [0.5, 0.6) is 0 Å². The van der Waals surface area contributed by atoms with Crippen LogP contribution in [-0.2, 0) is 4.74 Å². The molecule has 1 aliphatic carbocycles. The Morgan fingerprint density at radius 1 is 1.44 bits per heavy atom. The molecule has 4 atom stereocenters. The Labute approximate surface area is 98.3 Å². The lowest BCUT2D eigenvalue weighted by molar-refractivity contribution is -0.0728. The van der Waals surface area contributed by atoms with Gasteiger partial charge in [-0.1, -0.05) is 0 Å². The van der Waals surface area contributed by atoms with E-state index in [0.717, 1.165) is 38.0 Å². The maximum Gasteiger partial charge on any atom is 0.0565 e. The van der Waals surface area contributed by atoms with E-state index in [1.807, 2.05) is 0 Å². The van der Waals surface area contributed by atoms with Crippen molar-refractivity contribution in [3.8, 4) is 0 Å². The molecule has 3 fully saturated rings. The van der Waals surface area contributed by atoms with Crippen LogP contribution in [0.1, 0.15) is 39.0 Å². The van der Waals surface area contributed by atoms with Crippen LogP contribution < -0.4 is 5.73 Å². The van der Waals surface area contributed by atoms with Gasteiger partial charge in [-0.25, -0.2) is 0 Å². The molecule has 0 aromatic rings. The highest BCUT2D eigenvalue weighted by molar-refractivity contribution is 5.04. The Morgan fingerprint density at radius 3 is 2.88 bits per heavy atom. The quantitative estimate of drug-likeness (QED) is 0.770. The Kier molecular flexibility index (Phi) is 2.73. The molecule has 2 saturated heterocycles. The average Bonchev–Trinajstić information content (AvgIpc) is 2.90. The van der Waals surface area contributed by atoms with Gasteiger partial charge in [0, 0.05) is 31.3 Å². The molecule has 2 aliphatic heterocycles. The topological polar surface area (TPSA) is 38.5 Å². The second-order valence-corrected chi connectivity index (χ2v) is 6.05. The monoisotopic (exact) mass is 224 g/mol. The molecular formula is C13H24N2O. The van der Waals surface area contributed by atoms with E-state index >= 15 is 0 Å². The van der Waals surface area contributed by atoms with Crippen molar-refractivity contribution in [2.45, 2.75) is 56.7 Å². The van der Waals surface area contributed by atoms with Crippen LogP contribution in [0.15, 0.2) is 0 Å². The van der Waals surface area contributed by atoms with Crippen molar-refractivity contribution in [3.05, 3.63) is 0 Å². The fourth-order valence-electron chi connectivity index (χ4n) is 4.22. The summed E-state index contributed by atoms with van der Waals surface area (Å²) in [7, 11) is 0. The van der Waals surface area contributed by atoms with E-state index in [4.69, 9.17) is 10.5 Å². The molecule has 3 aliphatic rings. The molecule has 0 radical (unpaired) electrons. The summed E-state index contributed by atoms with van der Waals surface area (Å²) in [5.74, 6) is 0.964.